The molecule has 1 atom stereocenters. The smallest absolute Gasteiger partial charge is 0.123 e. The van der Waals surface area contributed by atoms with Gasteiger partial charge in [-0.05, 0) is 65.1 Å². The van der Waals surface area contributed by atoms with Gasteiger partial charge in [-0.15, -0.1) is 0 Å². The zero-order valence-electron chi connectivity index (χ0n) is 11.0. The fourth-order valence-electron chi connectivity index (χ4n) is 1.64. The Kier molecular flexibility index (Phi) is 6.08. The molecule has 21 heavy (non-hydrogen) atoms. The monoisotopic (exact) mass is 421 g/mol. The lowest BCUT2D eigenvalue weighted by atomic mass is 10.3. The number of nitrogens with one attached hydrogen (secondary N) is 1. The van der Waals surface area contributed by atoms with E-state index in [9.17, 15) is 9.50 Å². The van der Waals surface area contributed by atoms with Crippen molar-refractivity contribution < 1.29 is 14.2 Å². The Morgan fingerprint density at radius 3 is 2.62 bits per heavy atom. The molecular formula is C15H14ClFINO2. The number of aliphatic hydroxyl groups is 1. The first-order chi connectivity index (χ1) is 10.0. The lowest BCUT2D eigenvalue weighted by Crippen LogP contribution is -2.26. The minimum atomic E-state index is -0.703. The average Bonchev–Trinajstić information content (AvgIpc) is 2.46. The molecule has 0 aromatic heterocycles. The molecule has 2 N–H and O–H groups in total. The van der Waals surface area contributed by atoms with Crippen LogP contribution in [0.5, 0.6) is 5.75 Å². The molecule has 0 saturated carbocycles. The number of benzene rings is 2. The van der Waals surface area contributed by atoms with Gasteiger partial charge in [0.25, 0.3) is 0 Å². The van der Waals surface area contributed by atoms with Crippen LogP contribution in [0.25, 0.3) is 0 Å². The van der Waals surface area contributed by atoms with E-state index in [0.29, 0.717) is 17.3 Å². The second kappa shape index (κ2) is 7.82. The molecule has 1 unspecified atom stereocenters. The lowest BCUT2D eigenvalue weighted by molar-refractivity contribution is 0.117. The molecular weight excluding hydrogens is 408 g/mol. The van der Waals surface area contributed by atoms with Crippen LogP contribution in [0.4, 0.5) is 10.1 Å². The summed E-state index contributed by atoms with van der Waals surface area (Å²) in [4.78, 5) is 0. The van der Waals surface area contributed by atoms with Gasteiger partial charge in [0.2, 0.25) is 0 Å². The fourth-order valence-corrected chi connectivity index (χ4v) is 2.57. The summed E-state index contributed by atoms with van der Waals surface area (Å²) in [6.45, 7) is 0.419. The van der Waals surface area contributed by atoms with Gasteiger partial charge in [0, 0.05) is 10.1 Å². The molecule has 2 rings (SSSR count). The predicted molar refractivity (Wildman–Crippen MR) is 90.6 cm³/mol. The molecule has 112 valence electrons. The van der Waals surface area contributed by atoms with Gasteiger partial charge in [0.05, 0.1) is 10.7 Å². The maximum atomic E-state index is 12.7. The first-order valence-corrected chi connectivity index (χ1v) is 7.75. The highest BCUT2D eigenvalue weighted by atomic mass is 127. The third-order valence-electron chi connectivity index (χ3n) is 2.72. The molecule has 0 fully saturated rings. The number of hydrogen-bond acceptors (Lipinski definition) is 3. The Balaban J connectivity index is 1.79. The topological polar surface area (TPSA) is 41.5 Å². The minimum Gasteiger partial charge on any atom is -0.491 e. The zero-order valence-corrected chi connectivity index (χ0v) is 13.9. The van der Waals surface area contributed by atoms with Crippen molar-refractivity contribution in [2.75, 3.05) is 18.5 Å². The van der Waals surface area contributed by atoms with Crippen LogP contribution in [0.1, 0.15) is 0 Å². The van der Waals surface area contributed by atoms with Crippen molar-refractivity contribution in [3.05, 3.63) is 56.9 Å². The van der Waals surface area contributed by atoms with Crippen LogP contribution in [0.2, 0.25) is 5.02 Å². The van der Waals surface area contributed by atoms with E-state index in [0.717, 1.165) is 9.26 Å². The Hall–Kier alpha value is -1.05. The first kappa shape index (κ1) is 16.3. The average molecular weight is 422 g/mol. The predicted octanol–water partition coefficient (Wildman–Crippen LogP) is 3.94. The molecule has 0 heterocycles. The van der Waals surface area contributed by atoms with Crippen molar-refractivity contribution in [3.63, 3.8) is 0 Å². The standard InChI is InChI=1S/C15H14ClFINO2/c16-14-7-11(18)3-6-15(14)19-8-12(20)9-21-13-4-1-10(17)2-5-13/h1-7,12,19-20H,8-9H2. The van der Waals surface area contributed by atoms with E-state index in [1.165, 1.54) is 24.3 Å². The Labute approximate surface area is 141 Å². The van der Waals surface area contributed by atoms with Crippen LogP contribution in [0.15, 0.2) is 42.5 Å². The van der Waals surface area contributed by atoms with Crippen molar-refractivity contribution in [2.45, 2.75) is 6.10 Å². The normalized spacial score (nSPS) is 12.0. The Morgan fingerprint density at radius 2 is 1.95 bits per heavy atom. The summed E-state index contributed by atoms with van der Waals surface area (Å²) in [7, 11) is 0. The van der Waals surface area contributed by atoms with E-state index in [1.807, 2.05) is 18.2 Å². The Bertz CT molecular complexity index is 595. The number of halogens is 3. The van der Waals surface area contributed by atoms with Gasteiger partial charge in [-0.25, -0.2) is 4.39 Å². The number of hydrogen-bond donors (Lipinski definition) is 2. The van der Waals surface area contributed by atoms with E-state index in [-0.39, 0.29) is 12.4 Å². The van der Waals surface area contributed by atoms with Gasteiger partial charge in [-0.3, -0.25) is 0 Å². The molecule has 3 nitrogen and oxygen atoms in total. The summed E-state index contributed by atoms with van der Waals surface area (Å²) in [5.41, 5.74) is 0.762. The number of anilines is 1. The molecule has 0 amide bonds. The summed E-state index contributed by atoms with van der Waals surface area (Å²) in [6.07, 6.45) is -0.703. The van der Waals surface area contributed by atoms with Crippen LogP contribution in [0, 0.1) is 9.39 Å². The largest absolute Gasteiger partial charge is 0.491 e. The van der Waals surface area contributed by atoms with Gasteiger partial charge >= 0.3 is 0 Å². The maximum Gasteiger partial charge on any atom is 0.123 e. The van der Waals surface area contributed by atoms with E-state index >= 15 is 0 Å². The molecule has 2 aromatic rings. The molecule has 0 bridgehead atoms. The first-order valence-electron chi connectivity index (χ1n) is 6.30. The van der Waals surface area contributed by atoms with Crippen LogP contribution < -0.4 is 10.1 Å². The molecule has 0 saturated heterocycles. The number of ether oxygens (including phenoxy) is 1. The summed E-state index contributed by atoms with van der Waals surface area (Å²) in [6, 6.07) is 11.3. The number of aliphatic hydroxyl groups excluding tert-OH is 1. The van der Waals surface area contributed by atoms with Gasteiger partial charge in [0.1, 0.15) is 24.3 Å². The second-order valence-electron chi connectivity index (χ2n) is 4.42. The summed E-state index contributed by atoms with van der Waals surface area (Å²) >= 11 is 8.26. The molecule has 0 aliphatic carbocycles. The third kappa shape index (κ3) is 5.33. The molecule has 0 spiro atoms. The van der Waals surface area contributed by atoms with Crippen molar-refractivity contribution >= 4 is 39.9 Å². The quantitative estimate of drug-likeness (QED) is 0.695. The highest BCUT2D eigenvalue weighted by Gasteiger charge is 2.07. The lowest BCUT2D eigenvalue weighted by Gasteiger charge is -2.15. The van der Waals surface area contributed by atoms with Crippen LogP contribution in [-0.2, 0) is 0 Å². The Morgan fingerprint density at radius 1 is 1.24 bits per heavy atom. The van der Waals surface area contributed by atoms with Gasteiger partial charge in [-0.1, -0.05) is 11.6 Å². The van der Waals surface area contributed by atoms with Crippen molar-refractivity contribution in [1.29, 1.82) is 0 Å². The molecule has 6 heteroatoms. The van der Waals surface area contributed by atoms with E-state index in [1.54, 1.807) is 0 Å². The summed E-state index contributed by atoms with van der Waals surface area (Å²) in [5, 5.41) is 13.5. The van der Waals surface area contributed by atoms with Crippen molar-refractivity contribution in [2.24, 2.45) is 0 Å². The fraction of sp³-hybridized carbons (Fsp3) is 0.200. The zero-order chi connectivity index (χ0) is 15.2. The highest BCUT2D eigenvalue weighted by Crippen LogP contribution is 2.23. The van der Waals surface area contributed by atoms with Gasteiger partial charge in [0.15, 0.2) is 0 Å². The van der Waals surface area contributed by atoms with Gasteiger partial charge in [-0.2, -0.15) is 0 Å². The van der Waals surface area contributed by atoms with Crippen molar-refractivity contribution in [3.8, 4) is 5.75 Å². The van der Waals surface area contributed by atoms with E-state index < -0.39 is 6.10 Å². The highest BCUT2D eigenvalue weighted by molar-refractivity contribution is 14.1. The van der Waals surface area contributed by atoms with Crippen molar-refractivity contribution in [1.82, 2.24) is 0 Å². The third-order valence-corrected chi connectivity index (χ3v) is 3.70. The molecule has 0 radical (unpaired) electrons. The van der Waals surface area contributed by atoms with Gasteiger partial charge < -0.3 is 15.2 Å². The van der Waals surface area contributed by atoms with E-state index in [4.69, 9.17) is 16.3 Å². The second-order valence-corrected chi connectivity index (χ2v) is 6.08. The van der Waals surface area contributed by atoms with Crippen LogP contribution in [-0.4, -0.2) is 24.4 Å². The minimum absolute atomic E-state index is 0.112. The van der Waals surface area contributed by atoms with Crippen LogP contribution >= 0.6 is 34.2 Å². The molecule has 2 aromatic carbocycles. The SMILES string of the molecule is OC(CNc1ccc(I)cc1Cl)COc1ccc(F)cc1. The molecule has 0 aliphatic rings. The van der Waals surface area contributed by atoms with Crippen LogP contribution in [0.3, 0.4) is 0 Å². The summed E-state index contributed by atoms with van der Waals surface area (Å²) < 4.78 is 19.1. The maximum absolute atomic E-state index is 12.7. The summed E-state index contributed by atoms with van der Waals surface area (Å²) in [5.74, 6) is 0.195. The molecule has 0 aliphatic heterocycles. The van der Waals surface area contributed by atoms with E-state index in [2.05, 4.69) is 27.9 Å². The number of rotatable bonds is 6.